The van der Waals surface area contributed by atoms with Crippen molar-refractivity contribution in [3.8, 4) is 0 Å². The van der Waals surface area contributed by atoms with Gasteiger partial charge in [0.2, 0.25) is 5.91 Å². The number of benzene rings is 1. The van der Waals surface area contributed by atoms with Crippen LogP contribution in [0.25, 0.3) is 0 Å². The number of nitrogens with zero attached hydrogens (tertiary/aromatic N) is 3. The van der Waals surface area contributed by atoms with Gasteiger partial charge in [0.25, 0.3) is 5.56 Å². The summed E-state index contributed by atoms with van der Waals surface area (Å²) in [5.41, 5.74) is 6.02. The molecule has 1 heterocycles. The van der Waals surface area contributed by atoms with Crippen LogP contribution >= 0.6 is 0 Å². The maximum Gasteiger partial charge on any atom is 0.330 e. The molecule has 166 valence electrons. The molecular formula is C23H31N5O3. The average Bonchev–Trinajstić information content (AvgIpc) is 3.64. The Morgan fingerprint density at radius 3 is 2.45 bits per heavy atom. The second-order valence-corrected chi connectivity index (χ2v) is 8.68. The Kier molecular flexibility index (Phi) is 6.00. The lowest BCUT2D eigenvalue weighted by Crippen LogP contribution is -2.48. The molecule has 1 amide bonds. The van der Waals surface area contributed by atoms with Gasteiger partial charge in [0.15, 0.2) is 5.69 Å². The smallest absolute Gasteiger partial charge is 0.330 e. The van der Waals surface area contributed by atoms with Gasteiger partial charge in [-0.3, -0.25) is 24.0 Å². The summed E-state index contributed by atoms with van der Waals surface area (Å²) in [4.78, 5) is 44.5. The van der Waals surface area contributed by atoms with Gasteiger partial charge in [-0.2, -0.15) is 0 Å². The maximum absolute atomic E-state index is 13.3. The third kappa shape index (κ3) is 4.58. The fraction of sp³-hybridized carbons (Fsp3) is 0.522. The molecule has 3 N–H and O–H groups in total. The molecule has 1 atom stereocenters. The number of likely N-dealkylation sites (N-methyl/N-ethyl adjacent to an activating group) is 1. The number of carbonyl (C=O) groups excluding carboxylic acids is 1. The Labute approximate surface area is 181 Å². The number of aromatic amines is 1. The number of nitrogens with one attached hydrogen (secondary N) is 1. The van der Waals surface area contributed by atoms with Crippen LogP contribution in [0.15, 0.2) is 39.9 Å². The first-order valence-corrected chi connectivity index (χ1v) is 11.1. The van der Waals surface area contributed by atoms with Crippen LogP contribution in [0.5, 0.6) is 0 Å². The molecule has 1 aromatic carbocycles. The molecule has 2 aliphatic carbocycles. The molecule has 8 heteroatoms. The Balaban J connectivity index is 1.62. The van der Waals surface area contributed by atoms with Crippen LogP contribution in [0.3, 0.4) is 0 Å². The monoisotopic (exact) mass is 425 g/mol. The van der Waals surface area contributed by atoms with Crippen molar-refractivity contribution >= 4 is 17.4 Å². The van der Waals surface area contributed by atoms with E-state index in [4.69, 9.17) is 5.73 Å². The minimum atomic E-state index is -0.629. The van der Waals surface area contributed by atoms with Gasteiger partial charge in [-0.15, -0.1) is 0 Å². The Morgan fingerprint density at radius 2 is 1.87 bits per heavy atom. The number of hydrogen-bond donors (Lipinski definition) is 2. The highest BCUT2D eigenvalue weighted by Crippen LogP contribution is 2.39. The minimum absolute atomic E-state index is 0.0148. The first-order valence-electron chi connectivity index (χ1n) is 11.1. The van der Waals surface area contributed by atoms with Crippen LogP contribution in [0.1, 0.15) is 45.1 Å². The quantitative estimate of drug-likeness (QED) is 0.637. The van der Waals surface area contributed by atoms with Crippen molar-refractivity contribution in [3.05, 3.63) is 56.7 Å². The molecule has 8 nitrogen and oxygen atoms in total. The second-order valence-electron chi connectivity index (χ2n) is 8.68. The number of carbonyl (C=O) groups is 1. The minimum Gasteiger partial charge on any atom is -0.383 e. The number of nitrogen functional groups attached to an aromatic ring is 1. The molecular weight excluding hydrogens is 394 g/mol. The summed E-state index contributed by atoms with van der Waals surface area (Å²) in [7, 11) is 0. The van der Waals surface area contributed by atoms with Gasteiger partial charge in [-0.1, -0.05) is 30.3 Å². The Morgan fingerprint density at radius 1 is 1.19 bits per heavy atom. The van der Waals surface area contributed by atoms with Crippen molar-refractivity contribution in [3.63, 3.8) is 0 Å². The number of nitrogens with two attached hydrogens (primary N) is 1. The lowest BCUT2D eigenvalue weighted by Gasteiger charge is -2.31. The number of rotatable bonds is 9. The van der Waals surface area contributed by atoms with Crippen molar-refractivity contribution in [1.29, 1.82) is 0 Å². The lowest BCUT2D eigenvalue weighted by atomic mass is 10.1. The van der Waals surface area contributed by atoms with Crippen LogP contribution in [0.4, 0.5) is 11.5 Å². The highest BCUT2D eigenvalue weighted by molar-refractivity contribution is 5.96. The molecule has 0 spiro atoms. The maximum atomic E-state index is 13.3. The fourth-order valence-electron chi connectivity index (χ4n) is 4.32. The van der Waals surface area contributed by atoms with Gasteiger partial charge in [-0.25, -0.2) is 4.79 Å². The zero-order chi connectivity index (χ0) is 22.1. The molecule has 0 bridgehead atoms. The standard InChI is InChI=1S/C23H31N5O3/c1-3-26(19(29)14-27(18-11-12-18)15(2)17-9-10-17)20-21(24)28(23(31)25-22(20)30)13-16-7-5-4-6-8-16/h4-8,15,17-18H,3,9-14,24H2,1-2H3,(H,25,30,31). The van der Waals surface area contributed by atoms with Crippen molar-refractivity contribution in [2.75, 3.05) is 23.7 Å². The van der Waals surface area contributed by atoms with Crippen molar-refractivity contribution in [2.24, 2.45) is 5.92 Å². The zero-order valence-corrected chi connectivity index (χ0v) is 18.2. The summed E-state index contributed by atoms with van der Waals surface area (Å²) in [5.74, 6) is 0.509. The Hall–Kier alpha value is -2.87. The highest BCUT2D eigenvalue weighted by Gasteiger charge is 2.40. The number of anilines is 2. The van der Waals surface area contributed by atoms with E-state index in [2.05, 4.69) is 16.8 Å². The summed E-state index contributed by atoms with van der Waals surface area (Å²) in [6.45, 7) is 4.78. The number of aromatic nitrogens is 2. The number of H-pyrrole nitrogens is 1. The van der Waals surface area contributed by atoms with E-state index in [9.17, 15) is 14.4 Å². The van der Waals surface area contributed by atoms with Crippen molar-refractivity contribution in [2.45, 2.75) is 58.2 Å². The van der Waals surface area contributed by atoms with E-state index in [-0.39, 0.29) is 30.5 Å². The van der Waals surface area contributed by atoms with E-state index in [1.165, 1.54) is 22.3 Å². The summed E-state index contributed by atoms with van der Waals surface area (Å²) >= 11 is 0. The van der Waals surface area contributed by atoms with E-state index in [1.807, 2.05) is 37.3 Å². The predicted molar refractivity (Wildman–Crippen MR) is 121 cm³/mol. The summed E-state index contributed by atoms with van der Waals surface area (Å²) in [6.07, 6.45) is 4.66. The van der Waals surface area contributed by atoms with Crippen LogP contribution in [-0.2, 0) is 11.3 Å². The third-order valence-corrected chi connectivity index (χ3v) is 6.45. The van der Waals surface area contributed by atoms with Crippen LogP contribution in [-0.4, -0.2) is 45.5 Å². The van der Waals surface area contributed by atoms with Gasteiger partial charge in [0.05, 0.1) is 13.1 Å². The molecule has 2 aromatic rings. The van der Waals surface area contributed by atoms with E-state index in [1.54, 1.807) is 0 Å². The van der Waals surface area contributed by atoms with Gasteiger partial charge in [0, 0.05) is 18.6 Å². The summed E-state index contributed by atoms with van der Waals surface area (Å²) in [6, 6.07) is 10.2. The van der Waals surface area contributed by atoms with Crippen molar-refractivity contribution < 1.29 is 4.79 Å². The first-order chi connectivity index (χ1) is 14.9. The number of amides is 1. The largest absolute Gasteiger partial charge is 0.383 e. The molecule has 0 aliphatic heterocycles. The van der Waals surface area contributed by atoms with E-state index < -0.39 is 11.2 Å². The molecule has 0 saturated heterocycles. The van der Waals surface area contributed by atoms with E-state index in [0.717, 1.165) is 18.4 Å². The van der Waals surface area contributed by atoms with Crippen LogP contribution in [0.2, 0.25) is 0 Å². The van der Waals surface area contributed by atoms with Gasteiger partial charge < -0.3 is 10.6 Å². The molecule has 2 aliphatic rings. The average molecular weight is 426 g/mol. The normalized spacial score (nSPS) is 17.0. The molecule has 2 fully saturated rings. The van der Waals surface area contributed by atoms with E-state index >= 15 is 0 Å². The molecule has 2 saturated carbocycles. The van der Waals surface area contributed by atoms with Gasteiger partial charge in [0.1, 0.15) is 5.82 Å². The molecule has 31 heavy (non-hydrogen) atoms. The molecule has 0 radical (unpaired) electrons. The van der Waals surface area contributed by atoms with Crippen LogP contribution < -0.4 is 21.9 Å². The predicted octanol–water partition coefficient (Wildman–Crippen LogP) is 1.78. The first kappa shape index (κ1) is 21.4. The molecule has 4 rings (SSSR count). The fourth-order valence-corrected chi connectivity index (χ4v) is 4.32. The van der Waals surface area contributed by atoms with Crippen molar-refractivity contribution in [1.82, 2.24) is 14.5 Å². The Bertz CT molecular complexity index is 1050. The molecule has 1 unspecified atom stereocenters. The summed E-state index contributed by atoms with van der Waals surface area (Å²) < 4.78 is 1.31. The SMILES string of the molecule is CCN(C(=O)CN(C1CC1)C(C)C1CC1)c1c(N)n(Cc2ccccc2)c(=O)[nH]c1=O. The van der Waals surface area contributed by atoms with Gasteiger partial charge in [-0.05, 0) is 51.0 Å². The second kappa shape index (κ2) is 8.70. The third-order valence-electron chi connectivity index (χ3n) is 6.45. The highest BCUT2D eigenvalue weighted by atomic mass is 16.2. The van der Waals surface area contributed by atoms with Crippen LogP contribution in [0, 0.1) is 5.92 Å². The van der Waals surface area contributed by atoms with E-state index in [0.29, 0.717) is 24.5 Å². The zero-order valence-electron chi connectivity index (χ0n) is 18.2. The topological polar surface area (TPSA) is 104 Å². The lowest BCUT2D eigenvalue weighted by molar-refractivity contribution is -0.120. The van der Waals surface area contributed by atoms with Gasteiger partial charge >= 0.3 is 5.69 Å². The summed E-state index contributed by atoms with van der Waals surface area (Å²) in [5, 5.41) is 0. The molecule has 1 aromatic heterocycles. The number of hydrogen-bond acceptors (Lipinski definition) is 5.